The predicted octanol–water partition coefficient (Wildman–Crippen LogP) is 7.27. The molecule has 1 fully saturated rings. The van der Waals surface area contributed by atoms with Crippen LogP contribution in [0.1, 0.15) is 55.0 Å². The number of carbonyl (C=O) groups excluding carboxylic acids is 1. The number of hydrogen-bond acceptors (Lipinski definition) is 5. The van der Waals surface area contributed by atoms with Crippen molar-refractivity contribution in [2.75, 3.05) is 17.2 Å². The fourth-order valence-corrected chi connectivity index (χ4v) is 5.65. The number of halogens is 3. The summed E-state index contributed by atoms with van der Waals surface area (Å²) in [5.41, 5.74) is 10.6. The summed E-state index contributed by atoms with van der Waals surface area (Å²) in [4.78, 5) is 23.5. The topological polar surface area (TPSA) is 87.4 Å². The van der Waals surface area contributed by atoms with Crippen molar-refractivity contribution in [3.05, 3.63) is 95.3 Å². The number of anilines is 1. The van der Waals surface area contributed by atoms with Crippen molar-refractivity contribution in [1.29, 1.82) is 0 Å². The number of nitrogens with one attached hydrogen (secondary N) is 2. The number of urea groups is 1. The Morgan fingerprint density at radius 3 is 2.42 bits per heavy atom. The molecule has 1 unspecified atom stereocenters. The minimum absolute atomic E-state index is 0.215. The maximum Gasteiger partial charge on any atom is 0.416 e. The van der Waals surface area contributed by atoms with Crippen molar-refractivity contribution in [3.63, 3.8) is 0 Å². The van der Waals surface area contributed by atoms with E-state index in [1.54, 1.807) is 11.8 Å². The molecule has 0 aliphatic carbocycles. The van der Waals surface area contributed by atoms with E-state index in [2.05, 4.69) is 69.8 Å². The Morgan fingerprint density at radius 2 is 1.74 bits per heavy atom. The number of amides is 2. The van der Waals surface area contributed by atoms with Crippen LogP contribution in [-0.2, 0) is 6.18 Å². The summed E-state index contributed by atoms with van der Waals surface area (Å²) in [5, 5.41) is 5.08. The number of carbonyl (C=O) groups is 1. The third-order valence-electron chi connectivity index (χ3n) is 7.09. The second-order valence-corrected chi connectivity index (χ2v) is 11.6. The summed E-state index contributed by atoms with van der Waals surface area (Å²) in [6.45, 7) is 9.08. The number of thioether (sulfide) groups is 1. The maximum atomic E-state index is 12.9. The minimum atomic E-state index is -4.40. The van der Waals surface area contributed by atoms with Gasteiger partial charge >= 0.3 is 12.2 Å². The number of hydrazine groups is 1. The molecule has 0 saturated carbocycles. The van der Waals surface area contributed by atoms with Gasteiger partial charge in [0, 0.05) is 29.6 Å². The Labute approximate surface area is 252 Å². The Kier molecular flexibility index (Phi) is 8.88. The van der Waals surface area contributed by atoms with Crippen LogP contribution in [-0.4, -0.2) is 38.3 Å². The van der Waals surface area contributed by atoms with Crippen LogP contribution in [0.3, 0.4) is 0 Å². The highest BCUT2D eigenvalue weighted by atomic mass is 32.2. The van der Waals surface area contributed by atoms with Gasteiger partial charge in [-0.25, -0.2) is 19.9 Å². The lowest BCUT2D eigenvalue weighted by Crippen LogP contribution is -2.38. The minimum Gasteiger partial charge on any atom is -0.320 e. The first-order valence-electron chi connectivity index (χ1n) is 13.8. The summed E-state index contributed by atoms with van der Waals surface area (Å²) in [6, 6.07) is 17.9. The van der Waals surface area contributed by atoms with Crippen molar-refractivity contribution in [3.8, 4) is 17.1 Å². The van der Waals surface area contributed by atoms with Crippen LogP contribution in [0.2, 0.25) is 0 Å². The van der Waals surface area contributed by atoms with Gasteiger partial charge in [0.25, 0.3) is 0 Å². The third-order valence-corrected chi connectivity index (χ3v) is 8.04. The van der Waals surface area contributed by atoms with Crippen molar-refractivity contribution in [2.45, 2.75) is 45.8 Å². The molecule has 2 heterocycles. The number of benzene rings is 3. The first kappa shape index (κ1) is 30.3. The summed E-state index contributed by atoms with van der Waals surface area (Å²) in [7, 11) is 0. The van der Waals surface area contributed by atoms with Crippen molar-refractivity contribution >= 4 is 28.6 Å². The predicted molar refractivity (Wildman–Crippen MR) is 164 cm³/mol. The number of aryl methyl sites for hydroxylation is 1. The Balaban J connectivity index is 1.20. The van der Waals surface area contributed by atoms with Gasteiger partial charge in [-0.2, -0.15) is 18.2 Å². The molecule has 1 aliphatic rings. The van der Waals surface area contributed by atoms with Crippen LogP contribution >= 0.6 is 11.8 Å². The van der Waals surface area contributed by atoms with Crippen LogP contribution in [0.4, 0.5) is 23.7 Å². The lowest BCUT2D eigenvalue weighted by Gasteiger charge is -2.23. The fourth-order valence-electron chi connectivity index (χ4n) is 4.71. The molecule has 1 aliphatic heterocycles. The van der Waals surface area contributed by atoms with Crippen LogP contribution in [0, 0.1) is 6.92 Å². The number of nitrogens with zero attached hydrogens (tertiary/aromatic N) is 5. The summed E-state index contributed by atoms with van der Waals surface area (Å²) in [6.07, 6.45) is -2.94. The average Bonchev–Trinajstić information content (AvgIpc) is 3.66. The first-order chi connectivity index (χ1) is 20.5. The third kappa shape index (κ3) is 7.08. The largest absolute Gasteiger partial charge is 0.416 e. The van der Waals surface area contributed by atoms with E-state index in [1.165, 1.54) is 28.7 Å². The zero-order valence-corrected chi connectivity index (χ0v) is 25.0. The molecular formula is C31H32F3N7OS. The number of hydrogen-bond donors (Lipinski definition) is 2. The van der Waals surface area contributed by atoms with Crippen LogP contribution < -0.4 is 15.8 Å². The molecule has 0 radical (unpaired) electrons. The maximum absolute atomic E-state index is 12.9. The molecular weight excluding hydrogens is 575 g/mol. The lowest BCUT2D eigenvalue weighted by molar-refractivity contribution is -0.137. The van der Waals surface area contributed by atoms with E-state index in [0.717, 1.165) is 46.8 Å². The quantitative estimate of drug-likeness (QED) is 0.215. The molecule has 8 nitrogen and oxygen atoms in total. The average molecular weight is 608 g/mol. The van der Waals surface area contributed by atoms with E-state index in [4.69, 9.17) is 0 Å². The van der Waals surface area contributed by atoms with Crippen molar-refractivity contribution < 1.29 is 18.0 Å². The normalized spacial score (nSPS) is 15.3. The number of aliphatic imine (C=N–C) groups is 1. The van der Waals surface area contributed by atoms with Gasteiger partial charge in [0.2, 0.25) is 0 Å². The molecule has 224 valence electrons. The number of rotatable bonds is 7. The van der Waals surface area contributed by atoms with Crippen LogP contribution in [0.25, 0.3) is 17.1 Å². The highest BCUT2D eigenvalue weighted by Gasteiger charge is 2.30. The van der Waals surface area contributed by atoms with E-state index in [9.17, 15) is 18.0 Å². The van der Waals surface area contributed by atoms with Gasteiger partial charge in [-0.15, -0.1) is 5.10 Å². The number of amidine groups is 1. The highest BCUT2D eigenvalue weighted by Crippen LogP contribution is 2.34. The van der Waals surface area contributed by atoms with E-state index in [0.29, 0.717) is 22.6 Å². The molecule has 2 amide bonds. The van der Waals surface area contributed by atoms with Crippen LogP contribution in [0.5, 0.6) is 0 Å². The monoisotopic (exact) mass is 607 g/mol. The van der Waals surface area contributed by atoms with Gasteiger partial charge in [-0.3, -0.25) is 5.43 Å². The highest BCUT2D eigenvalue weighted by molar-refractivity contribution is 8.14. The second kappa shape index (κ2) is 12.6. The molecule has 2 N–H and O–H groups in total. The zero-order chi connectivity index (χ0) is 30.7. The SMILES string of the molecule is Cc1ccc(C(C)C)c(N2CCSC2=NC(=O)NNC(C)c2ccc(-c3ncn(-c4ccc(C(F)(F)F)cc4)n3)cc2)c1. The standard InChI is InChI=1S/C31H32F3N7OS/c1-19(2)26-14-5-20(3)17-27(26)40-15-16-43-30(40)36-29(42)38-37-21(4)22-6-8-23(9-7-22)28-35-18-41(39-28)25-12-10-24(11-13-25)31(32,33)34/h5-14,17-19,21,37H,15-16H2,1-4H3,(H,38,42). The number of aromatic nitrogens is 3. The van der Waals surface area contributed by atoms with E-state index in [1.807, 2.05) is 31.2 Å². The van der Waals surface area contributed by atoms with Crippen LogP contribution in [0.15, 0.2) is 78.0 Å². The van der Waals surface area contributed by atoms with Gasteiger partial charge in [0.15, 0.2) is 11.0 Å². The number of alkyl halides is 3. The molecule has 1 aromatic heterocycles. The smallest absolute Gasteiger partial charge is 0.320 e. The Bertz CT molecular complexity index is 1620. The summed E-state index contributed by atoms with van der Waals surface area (Å²) < 4.78 is 40.0. The molecule has 1 saturated heterocycles. The van der Waals surface area contributed by atoms with E-state index < -0.39 is 17.8 Å². The van der Waals surface area contributed by atoms with Gasteiger partial charge in [-0.05, 0) is 66.8 Å². The van der Waals surface area contributed by atoms with Gasteiger partial charge in [0.05, 0.1) is 11.3 Å². The van der Waals surface area contributed by atoms with Crippen molar-refractivity contribution in [1.82, 2.24) is 25.6 Å². The van der Waals surface area contributed by atoms with Crippen molar-refractivity contribution in [2.24, 2.45) is 4.99 Å². The van der Waals surface area contributed by atoms with E-state index in [-0.39, 0.29) is 6.04 Å². The van der Waals surface area contributed by atoms with Gasteiger partial charge in [0.1, 0.15) is 6.33 Å². The van der Waals surface area contributed by atoms with Gasteiger partial charge < -0.3 is 4.90 Å². The molecule has 12 heteroatoms. The molecule has 1 atom stereocenters. The lowest BCUT2D eigenvalue weighted by atomic mass is 9.99. The molecule has 0 bridgehead atoms. The molecule has 4 aromatic rings. The zero-order valence-electron chi connectivity index (χ0n) is 24.2. The molecule has 5 rings (SSSR count). The molecule has 0 spiro atoms. The van der Waals surface area contributed by atoms with Gasteiger partial charge in [-0.1, -0.05) is 62.0 Å². The summed E-state index contributed by atoms with van der Waals surface area (Å²) in [5.74, 6) is 1.63. The summed E-state index contributed by atoms with van der Waals surface area (Å²) >= 11 is 1.56. The second-order valence-electron chi connectivity index (χ2n) is 10.6. The first-order valence-corrected chi connectivity index (χ1v) is 14.8. The molecule has 3 aromatic carbocycles. The Hall–Kier alpha value is -4.16. The van der Waals surface area contributed by atoms with E-state index >= 15 is 0 Å². The molecule has 43 heavy (non-hydrogen) atoms. The Morgan fingerprint density at radius 1 is 1.02 bits per heavy atom. The fraction of sp³-hybridized carbons (Fsp3) is 0.290.